The van der Waals surface area contributed by atoms with Crippen molar-refractivity contribution in [3.05, 3.63) is 70.7 Å². The van der Waals surface area contributed by atoms with Crippen LogP contribution in [-0.2, 0) is 16.0 Å². The molecule has 1 N–H and O–H groups in total. The summed E-state index contributed by atoms with van der Waals surface area (Å²) in [5, 5.41) is 13.8. The Balaban J connectivity index is 1.60. The second kappa shape index (κ2) is 9.13. The third-order valence-corrected chi connectivity index (χ3v) is 5.15. The van der Waals surface area contributed by atoms with Crippen LogP contribution < -0.4 is 5.32 Å². The largest absolute Gasteiger partial charge is 0.448 e. The van der Waals surface area contributed by atoms with Gasteiger partial charge in [-0.05, 0) is 43.2 Å². The van der Waals surface area contributed by atoms with E-state index in [-0.39, 0.29) is 5.69 Å². The Morgan fingerprint density at radius 1 is 1.17 bits per heavy atom. The average Bonchev–Trinajstić information content (AvgIpc) is 3.24. The number of nitrogens with zero attached hydrogens (tertiary/aromatic N) is 2. The SMILES string of the molecule is CCc1ccc(-c2nc(C(=O)O[C@@H](C)C(=O)Nc3ccc(C#N)cc3)cs2)cc1. The Labute approximate surface area is 172 Å². The smallest absolute Gasteiger partial charge is 0.358 e. The Morgan fingerprint density at radius 3 is 2.48 bits per heavy atom. The molecule has 0 aliphatic rings. The van der Waals surface area contributed by atoms with E-state index in [2.05, 4.69) is 17.2 Å². The lowest BCUT2D eigenvalue weighted by Gasteiger charge is -2.12. The van der Waals surface area contributed by atoms with Gasteiger partial charge in [0.25, 0.3) is 5.91 Å². The van der Waals surface area contributed by atoms with E-state index >= 15 is 0 Å². The van der Waals surface area contributed by atoms with Crippen molar-refractivity contribution in [3.63, 3.8) is 0 Å². The van der Waals surface area contributed by atoms with Gasteiger partial charge >= 0.3 is 5.97 Å². The highest BCUT2D eigenvalue weighted by Gasteiger charge is 2.21. The van der Waals surface area contributed by atoms with Gasteiger partial charge in [0.1, 0.15) is 5.01 Å². The van der Waals surface area contributed by atoms with Crippen LogP contribution in [0.4, 0.5) is 5.69 Å². The van der Waals surface area contributed by atoms with Gasteiger partial charge < -0.3 is 10.1 Å². The van der Waals surface area contributed by atoms with Gasteiger partial charge in [-0.2, -0.15) is 5.26 Å². The van der Waals surface area contributed by atoms with Crippen molar-refractivity contribution >= 4 is 28.9 Å². The summed E-state index contributed by atoms with van der Waals surface area (Å²) in [7, 11) is 0. The minimum Gasteiger partial charge on any atom is -0.448 e. The van der Waals surface area contributed by atoms with Crippen molar-refractivity contribution in [1.82, 2.24) is 4.98 Å². The van der Waals surface area contributed by atoms with Gasteiger partial charge in [-0.3, -0.25) is 4.79 Å². The maximum Gasteiger partial charge on any atom is 0.358 e. The topological polar surface area (TPSA) is 92.1 Å². The van der Waals surface area contributed by atoms with Gasteiger partial charge in [0, 0.05) is 16.6 Å². The van der Waals surface area contributed by atoms with Crippen molar-refractivity contribution in [2.24, 2.45) is 0 Å². The quantitative estimate of drug-likeness (QED) is 0.613. The van der Waals surface area contributed by atoms with E-state index in [9.17, 15) is 9.59 Å². The van der Waals surface area contributed by atoms with Crippen molar-refractivity contribution in [2.75, 3.05) is 5.32 Å². The van der Waals surface area contributed by atoms with Crippen molar-refractivity contribution in [2.45, 2.75) is 26.4 Å². The second-order valence-corrected chi connectivity index (χ2v) is 7.17. The molecular weight excluding hydrogens is 386 g/mol. The zero-order chi connectivity index (χ0) is 20.8. The third kappa shape index (κ3) is 5.06. The molecule has 0 fully saturated rings. The number of ether oxygens (including phenoxy) is 1. The molecule has 1 heterocycles. The third-order valence-electron chi connectivity index (χ3n) is 4.26. The first-order valence-electron chi connectivity index (χ1n) is 9.07. The number of rotatable bonds is 6. The predicted molar refractivity (Wildman–Crippen MR) is 112 cm³/mol. The number of carbonyl (C=O) groups excluding carboxylic acids is 2. The highest BCUT2D eigenvalue weighted by atomic mass is 32.1. The molecule has 0 unspecified atom stereocenters. The lowest BCUT2D eigenvalue weighted by molar-refractivity contribution is -0.123. The molecule has 3 rings (SSSR count). The summed E-state index contributed by atoms with van der Waals surface area (Å²) < 4.78 is 5.24. The first-order valence-corrected chi connectivity index (χ1v) is 9.95. The molecule has 2 aromatic carbocycles. The molecule has 7 heteroatoms. The summed E-state index contributed by atoms with van der Waals surface area (Å²) in [6.07, 6.45) is -0.0369. The number of esters is 1. The summed E-state index contributed by atoms with van der Waals surface area (Å²) >= 11 is 1.35. The number of nitrogens with one attached hydrogen (secondary N) is 1. The fourth-order valence-electron chi connectivity index (χ4n) is 2.53. The minimum atomic E-state index is -0.993. The number of carbonyl (C=O) groups is 2. The standard InChI is InChI=1S/C22H19N3O3S/c1-3-15-4-8-17(9-5-15)21-25-19(13-29-21)22(27)28-14(2)20(26)24-18-10-6-16(12-23)7-11-18/h4-11,13-14H,3H2,1-2H3,(H,24,26)/t14-/m0/s1. The van der Waals surface area contributed by atoms with Crippen LogP contribution in [0.2, 0.25) is 0 Å². The normalized spacial score (nSPS) is 11.3. The van der Waals surface area contributed by atoms with E-state index in [1.165, 1.54) is 23.8 Å². The molecule has 146 valence electrons. The molecule has 0 saturated heterocycles. The fourth-order valence-corrected chi connectivity index (χ4v) is 3.32. The number of nitriles is 1. The molecule has 0 radical (unpaired) electrons. The van der Waals surface area contributed by atoms with Gasteiger partial charge in [0.2, 0.25) is 0 Å². The molecule has 0 saturated carbocycles. The van der Waals surface area contributed by atoms with E-state index in [4.69, 9.17) is 10.00 Å². The number of anilines is 1. The van der Waals surface area contributed by atoms with Gasteiger partial charge in [-0.25, -0.2) is 9.78 Å². The molecule has 1 atom stereocenters. The van der Waals surface area contributed by atoms with E-state index in [1.807, 2.05) is 30.3 Å². The van der Waals surface area contributed by atoms with Crippen LogP contribution in [0.25, 0.3) is 10.6 Å². The van der Waals surface area contributed by atoms with Gasteiger partial charge in [0.15, 0.2) is 11.8 Å². The van der Waals surface area contributed by atoms with Crippen LogP contribution in [0.5, 0.6) is 0 Å². The van der Waals surface area contributed by atoms with Gasteiger partial charge in [-0.1, -0.05) is 31.2 Å². The molecular formula is C22H19N3O3S. The number of hydrogen-bond donors (Lipinski definition) is 1. The zero-order valence-corrected chi connectivity index (χ0v) is 16.8. The Hall–Kier alpha value is -3.50. The van der Waals surface area contributed by atoms with Crippen LogP contribution in [0, 0.1) is 11.3 Å². The number of hydrogen-bond acceptors (Lipinski definition) is 6. The van der Waals surface area contributed by atoms with E-state index in [1.54, 1.807) is 29.6 Å². The lowest BCUT2D eigenvalue weighted by atomic mass is 10.1. The molecule has 0 spiro atoms. The minimum absolute atomic E-state index is 0.169. The summed E-state index contributed by atoms with van der Waals surface area (Å²) in [6.45, 7) is 3.58. The molecule has 6 nitrogen and oxygen atoms in total. The molecule has 3 aromatic rings. The molecule has 0 aliphatic carbocycles. The van der Waals surface area contributed by atoms with Crippen LogP contribution in [0.1, 0.15) is 35.5 Å². The number of aromatic nitrogens is 1. The monoisotopic (exact) mass is 405 g/mol. The average molecular weight is 405 g/mol. The summed E-state index contributed by atoms with van der Waals surface area (Å²) in [5.74, 6) is -1.12. The molecule has 1 amide bonds. The number of aryl methyl sites for hydroxylation is 1. The maximum absolute atomic E-state index is 12.3. The van der Waals surface area contributed by atoms with E-state index < -0.39 is 18.0 Å². The van der Waals surface area contributed by atoms with Crippen LogP contribution in [0.15, 0.2) is 53.9 Å². The highest BCUT2D eigenvalue weighted by molar-refractivity contribution is 7.13. The van der Waals surface area contributed by atoms with Crippen LogP contribution in [-0.4, -0.2) is 23.0 Å². The second-order valence-electron chi connectivity index (χ2n) is 6.31. The van der Waals surface area contributed by atoms with Crippen molar-refractivity contribution in [1.29, 1.82) is 5.26 Å². The summed E-state index contributed by atoms with van der Waals surface area (Å²) in [5.41, 5.74) is 3.34. The fraction of sp³-hybridized carbons (Fsp3) is 0.182. The highest BCUT2D eigenvalue weighted by Crippen LogP contribution is 2.24. The van der Waals surface area contributed by atoms with Crippen molar-refractivity contribution < 1.29 is 14.3 Å². The van der Waals surface area contributed by atoms with E-state index in [0.717, 1.165) is 12.0 Å². The number of amides is 1. The van der Waals surface area contributed by atoms with Crippen molar-refractivity contribution in [3.8, 4) is 16.6 Å². The maximum atomic E-state index is 12.3. The Morgan fingerprint density at radius 2 is 1.86 bits per heavy atom. The zero-order valence-electron chi connectivity index (χ0n) is 16.0. The van der Waals surface area contributed by atoms with Gasteiger partial charge in [-0.15, -0.1) is 11.3 Å². The molecule has 0 aliphatic heterocycles. The summed E-state index contributed by atoms with van der Waals surface area (Å²) in [4.78, 5) is 28.9. The number of benzene rings is 2. The number of thiazole rings is 1. The van der Waals surface area contributed by atoms with Crippen LogP contribution >= 0.6 is 11.3 Å². The van der Waals surface area contributed by atoms with Crippen LogP contribution in [0.3, 0.4) is 0 Å². The van der Waals surface area contributed by atoms with E-state index in [0.29, 0.717) is 16.3 Å². The first kappa shape index (κ1) is 20.2. The summed E-state index contributed by atoms with van der Waals surface area (Å²) in [6, 6.07) is 16.4. The predicted octanol–water partition coefficient (Wildman–Crippen LogP) is 4.43. The molecule has 0 bridgehead atoms. The lowest BCUT2D eigenvalue weighted by Crippen LogP contribution is -2.30. The molecule has 1 aromatic heterocycles. The molecule has 29 heavy (non-hydrogen) atoms. The Kier molecular flexibility index (Phi) is 6.37. The Bertz CT molecular complexity index is 1050. The van der Waals surface area contributed by atoms with Gasteiger partial charge in [0.05, 0.1) is 11.6 Å². The first-order chi connectivity index (χ1) is 14.0.